The highest BCUT2D eigenvalue weighted by atomic mass is 16.5. The topological polar surface area (TPSA) is 81.2 Å². The summed E-state index contributed by atoms with van der Waals surface area (Å²) in [5, 5.41) is 6.59. The van der Waals surface area contributed by atoms with E-state index in [1.807, 2.05) is 25.1 Å². The molecule has 3 rings (SSSR count). The van der Waals surface area contributed by atoms with Crippen molar-refractivity contribution < 1.29 is 9.47 Å². The summed E-state index contributed by atoms with van der Waals surface area (Å²) in [5.74, 6) is 3.87. The molecule has 0 atom stereocenters. The number of aromatic nitrogens is 3. The van der Waals surface area contributed by atoms with Gasteiger partial charge in [0.05, 0.1) is 19.9 Å². The number of ether oxygens (including phenoxy) is 2. The smallest absolute Gasteiger partial charge is 0.232 e. The summed E-state index contributed by atoms with van der Waals surface area (Å²) in [6.45, 7) is 2.78. The molecule has 0 aliphatic heterocycles. The Bertz CT molecular complexity index is 732. The molecule has 0 unspecified atom stereocenters. The van der Waals surface area contributed by atoms with Crippen LogP contribution in [0.15, 0.2) is 18.2 Å². The van der Waals surface area contributed by atoms with Gasteiger partial charge in [0.2, 0.25) is 11.9 Å². The van der Waals surface area contributed by atoms with Crippen molar-refractivity contribution in [1.29, 1.82) is 0 Å². The normalized spacial score (nSPS) is 14.7. The first-order chi connectivity index (χ1) is 12.7. The van der Waals surface area contributed by atoms with Crippen LogP contribution in [0.5, 0.6) is 11.5 Å². The van der Waals surface area contributed by atoms with Crippen molar-refractivity contribution in [3.63, 3.8) is 0 Å². The maximum absolute atomic E-state index is 5.42. The Morgan fingerprint density at radius 3 is 2.50 bits per heavy atom. The molecular weight excluding hydrogens is 330 g/mol. The molecular formula is C19H27N5O2. The maximum atomic E-state index is 5.42. The van der Waals surface area contributed by atoms with E-state index in [1.165, 1.54) is 32.1 Å². The lowest BCUT2D eigenvalue weighted by atomic mass is 9.89. The van der Waals surface area contributed by atoms with Gasteiger partial charge in [-0.25, -0.2) is 0 Å². The summed E-state index contributed by atoms with van der Waals surface area (Å²) in [7, 11) is 3.25. The fourth-order valence-electron chi connectivity index (χ4n) is 3.27. The first kappa shape index (κ1) is 18.2. The molecule has 2 aromatic rings. The van der Waals surface area contributed by atoms with E-state index >= 15 is 0 Å². The highest BCUT2D eigenvalue weighted by molar-refractivity contribution is 5.64. The second-order valence-corrected chi connectivity index (χ2v) is 6.61. The van der Waals surface area contributed by atoms with Crippen molar-refractivity contribution in [1.82, 2.24) is 15.0 Å². The van der Waals surface area contributed by atoms with Gasteiger partial charge in [-0.2, -0.15) is 15.0 Å². The number of methoxy groups -OCH3 is 2. The highest BCUT2D eigenvalue weighted by Crippen LogP contribution is 2.30. The molecule has 1 aliphatic rings. The molecule has 7 heteroatoms. The van der Waals surface area contributed by atoms with Crippen LogP contribution in [0.25, 0.3) is 0 Å². The van der Waals surface area contributed by atoms with E-state index in [2.05, 4.69) is 25.6 Å². The van der Waals surface area contributed by atoms with Gasteiger partial charge in [-0.05, 0) is 37.8 Å². The molecule has 1 saturated carbocycles. The molecule has 7 nitrogen and oxygen atoms in total. The van der Waals surface area contributed by atoms with Crippen LogP contribution in [0.4, 0.5) is 17.6 Å². The monoisotopic (exact) mass is 357 g/mol. The Kier molecular flexibility index (Phi) is 6.09. The number of nitrogens with one attached hydrogen (secondary N) is 2. The van der Waals surface area contributed by atoms with Crippen molar-refractivity contribution in [2.45, 2.75) is 39.0 Å². The summed E-state index contributed by atoms with van der Waals surface area (Å²) in [6.07, 6.45) is 6.58. The van der Waals surface area contributed by atoms with Crippen molar-refractivity contribution >= 4 is 17.6 Å². The number of benzene rings is 1. The van der Waals surface area contributed by atoms with Gasteiger partial charge in [-0.15, -0.1) is 0 Å². The Labute approximate surface area is 154 Å². The minimum absolute atomic E-state index is 0.493. The van der Waals surface area contributed by atoms with Gasteiger partial charge in [-0.3, -0.25) is 0 Å². The molecule has 2 N–H and O–H groups in total. The van der Waals surface area contributed by atoms with E-state index < -0.39 is 0 Å². The van der Waals surface area contributed by atoms with Crippen LogP contribution >= 0.6 is 0 Å². The van der Waals surface area contributed by atoms with Gasteiger partial charge < -0.3 is 20.1 Å². The Hall–Kier alpha value is -2.57. The zero-order chi connectivity index (χ0) is 18.4. The summed E-state index contributed by atoms with van der Waals surface area (Å²) in [6, 6.07) is 5.56. The Morgan fingerprint density at radius 2 is 1.77 bits per heavy atom. The second kappa shape index (κ2) is 8.69. The third-order valence-electron chi connectivity index (χ3n) is 4.68. The van der Waals surface area contributed by atoms with Crippen LogP contribution in [0.1, 0.15) is 37.9 Å². The highest BCUT2D eigenvalue weighted by Gasteiger charge is 2.14. The van der Waals surface area contributed by atoms with Gasteiger partial charge in [0, 0.05) is 12.6 Å². The van der Waals surface area contributed by atoms with Gasteiger partial charge in [0.25, 0.3) is 0 Å². The number of hydrogen-bond donors (Lipinski definition) is 2. The van der Waals surface area contributed by atoms with Crippen LogP contribution in [0.3, 0.4) is 0 Å². The molecule has 140 valence electrons. The van der Waals surface area contributed by atoms with Crippen molar-refractivity contribution in [3.05, 3.63) is 24.0 Å². The molecule has 1 fully saturated rings. The molecule has 0 radical (unpaired) electrons. The number of rotatable bonds is 7. The average molecular weight is 357 g/mol. The van der Waals surface area contributed by atoms with Gasteiger partial charge >= 0.3 is 0 Å². The van der Waals surface area contributed by atoms with E-state index in [4.69, 9.17) is 9.47 Å². The zero-order valence-electron chi connectivity index (χ0n) is 15.7. The molecule has 26 heavy (non-hydrogen) atoms. The summed E-state index contributed by atoms with van der Waals surface area (Å²) in [5.41, 5.74) is 0.775. The first-order valence-electron chi connectivity index (χ1n) is 9.13. The van der Waals surface area contributed by atoms with E-state index in [-0.39, 0.29) is 0 Å². The number of anilines is 3. The van der Waals surface area contributed by atoms with Gasteiger partial charge in [-0.1, -0.05) is 19.3 Å². The minimum atomic E-state index is 0.493. The molecule has 1 aliphatic carbocycles. The molecule has 1 heterocycles. The van der Waals surface area contributed by atoms with Crippen molar-refractivity contribution in [2.24, 2.45) is 5.92 Å². The van der Waals surface area contributed by atoms with Crippen molar-refractivity contribution in [3.8, 4) is 11.5 Å². The third kappa shape index (κ3) is 4.74. The molecule has 0 bridgehead atoms. The van der Waals surface area contributed by atoms with E-state index in [9.17, 15) is 0 Å². The quantitative estimate of drug-likeness (QED) is 0.777. The lowest BCUT2D eigenvalue weighted by Crippen LogP contribution is -2.19. The Balaban J connectivity index is 1.71. The molecule has 1 aromatic carbocycles. The predicted octanol–water partition coefficient (Wildman–Crippen LogP) is 3.93. The van der Waals surface area contributed by atoms with Crippen LogP contribution in [0, 0.1) is 12.8 Å². The lowest BCUT2D eigenvalue weighted by Gasteiger charge is -2.21. The Morgan fingerprint density at radius 1 is 1.00 bits per heavy atom. The fraction of sp³-hybridized carbons (Fsp3) is 0.526. The largest absolute Gasteiger partial charge is 0.497 e. The van der Waals surface area contributed by atoms with Gasteiger partial charge in [0.1, 0.15) is 17.3 Å². The number of nitrogens with zero attached hydrogens (tertiary/aromatic N) is 3. The van der Waals surface area contributed by atoms with E-state index in [1.54, 1.807) is 14.2 Å². The lowest BCUT2D eigenvalue weighted by molar-refractivity contribution is 0.373. The van der Waals surface area contributed by atoms with Crippen LogP contribution < -0.4 is 20.1 Å². The maximum Gasteiger partial charge on any atom is 0.232 e. The second-order valence-electron chi connectivity index (χ2n) is 6.61. The number of hydrogen-bond acceptors (Lipinski definition) is 7. The molecule has 0 saturated heterocycles. The minimum Gasteiger partial charge on any atom is -0.497 e. The summed E-state index contributed by atoms with van der Waals surface area (Å²) >= 11 is 0. The molecule has 0 amide bonds. The standard InChI is InChI=1S/C19H27N5O2/c1-13-21-18(20-12-14-7-5-4-6-8-14)24-19(22-13)23-16-10-9-15(25-2)11-17(16)26-3/h9-11,14H,4-8,12H2,1-3H3,(H2,20,21,22,23,24). The third-order valence-corrected chi connectivity index (χ3v) is 4.68. The predicted molar refractivity (Wildman–Crippen MR) is 102 cm³/mol. The van der Waals surface area contributed by atoms with Crippen molar-refractivity contribution in [2.75, 3.05) is 31.4 Å². The van der Waals surface area contributed by atoms with Crippen LogP contribution in [-0.4, -0.2) is 35.7 Å². The molecule has 0 spiro atoms. The molecule has 1 aromatic heterocycles. The van der Waals surface area contributed by atoms with Crippen LogP contribution in [0.2, 0.25) is 0 Å². The van der Waals surface area contributed by atoms with Crippen LogP contribution in [-0.2, 0) is 0 Å². The van der Waals surface area contributed by atoms with Gasteiger partial charge in [0.15, 0.2) is 0 Å². The zero-order valence-corrected chi connectivity index (χ0v) is 15.7. The summed E-state index contributed by atoms with van der Waals surface area (Å²) < 4.78 is 10.6. The SMILES string of the molecule is COc1ccc(Nc2nc(C)nc(NCC3CCCCC3)n2)c(OC)c1. The number of aryl methyl sites for hydroxylation is 1. The van der Waals surface area contributed by atoms with E-state index in [0.717, 1.165) is 18.0 Å². The van der Waals surface area contributed by atoms with E-state index in [0.29, 0.717) is 29.4 Å². The summed E-state index contributed by atoms with van der Waals surface area (Å²) in [4.78, 5) is 13.3. The first-order valence-corrected chi connectivity index (χ1v) is 9.13. The average Bonchev–Trinajstić information content (AvgIpc) is 2.67. The fourth-order valence-corrected chi connectivity index (χ4v) is 3.27.